The molecule has 7 heteroatoms. The van der Waals surface area contributed by atoms with Crippen molar-refractivity contribution < 1.29 is 4.92 Å². The van der Waals surface area contributed by atoms with E-state index in [-0.39, 0.29) is 0 Å². The number of nitrogens with zero attached hydrogens (tertiary/aromatic N) is 4. The van der Waals surface area contributed by atoms with Gasteiger partial charge in [0.25, 0.3) is 6.20 Å². The summed E-state index contributed by atoms with van der Waals surface area (Å²) in [6, 6.07) is 3.62. The maximum Gasteiger partial charge on any atom is 0.274 e. The molecule has 0 amide bonds. The third-order valence-electron chi connectivity index (χ3n) is 3.16. The van der Waals surface area contributed by atoms with Gasteiger partial charge in [0.2, 0.25) is 0 Å². The predicted molar refractivity (Wildman–Crippen MR) is 76.6 cm³/mol. The van der Waals surface area contributed by atoms with Crippen molar-refractivity contribution in [1.82, 2.24) is 14.8 Å². The minimum absolute atomic E-state index is 0.392. The van der Waals surface area contributed by atoms with Crippen molar-refractivity contribution in [3.05, 3.63) is 51.2 Å². The van der Waals surface area contributed by atoms with E-state index in [0.717, 1.165) is 37.8 Å². The van der Waals surface area contributed by atoms with Gasteiger partial charge in [-0.25, -0.2) is 4.98 Å². The molecule has 0 radical (unpaired) electrons. The van der Waals surface area contributed by atoms with Gasteiger partial charge < -0.3 is 9.80 Å². The fourth-order valence-corrected chi connectivity index (χ4v) is 2.42. The van der Waals surface area contributed by atoms with Crippen molar-refractivity contribution in [2.45, 2.75) is 19.9 Å². The first kappa shape index (κ1) is 14.6. The molecule has 0 spiro atoms. The highest BCUT2D eigenvalue weighted by Gasteiger charge is 2.26. The third-order valence-corrected chi connectivity index (χ3v) is 3.39. The number of halogens is 1. The van der Waals surface area contributed by atoms with Gasteiger partial charge in [-0.3, -0.25) is 10.1 Å². The Balaban J connectivity index is 2.13. The molecule has 2 rings (SSSR count). The van der Waals surface area contributed by atoms with Crippen LogP contribution >= 0.6 is 11.6 Å². The third kappa shape index (κ3) is 3.60. The average molecular weight is 297 g/mol. The molecule has 0 aromatic carbocycles. The Morgan fingerprint density at radius 3 is 2.80 bits per heavy atom. The van der Waals surface area contributed by atoms with Crippen LogP contribution in [0.4, 0.5) is 0 Å². The standard InChI is InChI=1S/C13H17ClN4O2/c1-2-5-16-6-7-17(13(16)10-18(19)20)9-11-3-4-12(14)15-8-11/h3-4,8,10H,2,5-7,9H2,1H3/b13-10+. The normalized spacial score (nSPS) is 17.0. The van der Waals surface area contributed by atoms with E-state index in [1.54, 1.807) is 12.3 Å². The Morgan fingerprint density at radius 2 is 2.20 bits per heavy atom. The zero-order valence-electron chi connectivity index (χ0n) is 11.3. The Morgan fingerprint density at radius 1 is 1.45 bits per heavy atom. The molecule has 0 saturated carbocycles. The molecule has 1 aromatic rings. The summed E-state index contributed by atoms with van der Waals surface area (Å²) in [4.78, 5) is 18.5. The molecule has 1 aromatic heterocycles. The molecule has 108 valence electrons. The van der Waals surface area contributed by atoms with Crippen molar-refractivity contribution >= 4 is 11.6 Å². The minimum Gasteiger partial charge on any atom is -0.351 e. The van der Waals surface area contributed by atoms with Crippen LogP contribution in [0.3, 0.4) is 0 Å². The van der Waals surface area contributed by atoms with E-state index < -0.39 is 4.92 Å². The van der Waals surface area contributed by atoms with Gasteiger partial charge >= 0.3 is 0 Å². The second kappa shape index (κ2) is 6.56. The van der Waals surface area contributed by atoms with Crippen molar-refractivity contribution in [2.24, 2.45) is 0 Å². The second-order valence-corrected chi connectivity index (χ2v) is 5.06. The van der Waals surface area contributed by atoms with Gasteiger partial charge in [0.15, 0.2) is 5.82 Å². The molecule has 0 atom stereocenters. The van der Waals surface area contributed by atoms with Gasteiger partial charge in [0.1, 0.15) is 5.15 Å². The first-order chi connectivity index (χ1) is 9.60. The molecule has 6 nitrogen and oxygen atoms in total. The lowest BCUT2D eigenvalue weighted by Gasteiger charge is -2.22. The van der Waals surface area contributed by atoms with Gasteiger partial charge in [0, 0.05) is 32.4 Å². The van der Waals surface area contributed by atoms with Crippen LogP contribution in [0.15, 0.2) is 30.4 Å². The fourth-order valence-electron chi connectivity index (χ4n) is 2.30. The lowest BCUT2D eigenvalue weighted by atomic mass is 10.2. The Bertz CT molecular complexity index is 504. The zero-order chi connectivity index (χ0) is 14.5. The number of aromatic nitrogens is 1. The first-order valence-electron chi connectivity index (χ1n) is 6.55. The summed E-state index contributed by atoms with van der Waals surface area (Å²) in [5.74, 6) is 0.673. The van der Waals surface area contributed by atoms with E-state index in [4.69, 9.17) is 11.6 Å². The number of hydrogen-bond acceptors (Lipinski definition) is 5. The van der Waals surface area contributed by atoms with E-state index in [1.165, 1.54) is 0 Å². The monoisotopic (exact) mass is 296 g/mol. The minimum atomic E-state index is -0.392. The molecule has 20 heavy (non-hydrogen) atoms. The highest BCUT2D eigenvalue weighted by molar-refractivity contribution is 6.29. The number of hydrogen-bond donors (Lipinski definition) is 0. The lowest BCUT2D eigenvalue weighted by Crippen LogP contribution is -2.24. The van der Waals surface area contributed by atoms with Crippen LogP contribution in [0.1, 0.15) is 18.9 Å². The Hall–Kier alpha value is -1.82. The first-order valence-corrected chi connectivity index (χ1v) is 6.93. The van der Waals surface area contributed by atoms with Crippen LogP contribution in [0.2, 0.25) is 5.15 Å². The van der Waals surface area contributed by atoms with E-state index in [0.29, 0.717) is 17.5 Å². The number of rotatable bonds is 5. The van der Waals surface area contributed by atoms with Gasteiger partial charge in [-0.15, -0.1) is 0 Å². The molecular weight excluding hydrogens is 280 g/mol. The summed E-state index contributed by atoms with van der Waals surface area (Å²) >= 11 is 5.76. The van der Waals surface area contributed by atoms with Crippen LogP contribution in [0.25, 0.3) is 0 Å². The van der Waals surface area contributed by atoms with Crippen LogP contribution in [0, 0.1) is 10.1 Å². The fraction of sp³-hybridized carbons (Fsp3) is 0.462. The van der Waals surface area contributed by atoms with Crippen molar-refractivity contribution in [3.63, 3.8) is 0 Å². The molecule has 0 N–H and O–H groups in total. The smallest absolute Gasteiger partial charge is 0.274 e. The molecule has 1 saturated heterocycles. The quantitative estimate of drug-likeness (QED) is 0.474. The summed E-state index contributed by atoms with van der Waals surface area (Å²) < 4.78 is 0. The second-order valence-electron chi connectivity index (χ2n) is 4.67. The number of nitro groups is 1. The van der Waals surface area contributed by atoms with Crippen LogP contribution in [-0.4, -0.2) is 39.3 Å². The summed E-state index contributed by atoms with van der Waals surface area (Å²) in [7, 11) is 0. The Labute approximate surface area is 122 Å². The van der Waals surface area contributed by atoms with E-state index in [2.05, 4.69) is 11.9 Å². The van der Waals surface area contributed by atoms with Gasteiger partial charge in [0.05, 0.1) is 4.92 Å². The van der Waals surface area contributed by atoms with Crippen LogP contribution in [0.5, 0.6) is 0 Å². The van der Waals surface area contributed by atoms with Crippen molar-refractivity contribution in [3.8, 4) is 0 Å². The molecular formula is C13H17ClN4O2. The van der Waals surface area contributed by atoms with E-state index in [9.17, 15) is 10.1 Å². The molecule has 0 unspecified atom stereocenters. The SMILES string of the molecule is CCCN1CCN(Cc2ccc(Cl)nc2)/C1=C/[N+](=O)[O-]. The maximum atomic E-state index is 10.8. The molecule has 1 fully saturated rings. The van der Waals surface area contributed by atoms with Crippen LogP contribution < -0.4 is 0 Å². The topological polar surface area (TPSA) is 62.5 Å². The van der Waals surface area contributed by atoms with E-state index >= 15 is 0 Å². The van der Waals surface area contributed by atoms with E-state index in [1.807, 2.05) is 15.9 Å². The van der Waals surface area contributed by atoms with Crippen molar-refractivity contribution in [2.75, 3.05) is 19.6 Å². The largest absolute Gasteiger partial charge is 0.351 e. The van der Waals surface area contributed by atoms with Gasteiger partial charge in [-0.2, -0.15) is 0 Å². The summed E-state index contributed by atoms with van der Waals surface area (Å²) in [5.41, 5.74) is 0.988. The average Bonchev–Trinajstić information content (AvgIpc) is 2.75. The number of pyridine rings is 1. The van der Waals surface area contributed by atoms with Crippen LogP contribution in [-0.2, 0) is 6.54 Å². The summed E-state index contributed by atoms with van der Waals surface area (Å²) in [6.07, 6.45) is 3.76. The molecule has 0 aliphatic carbocycles. The lowest BCUT2D eigenvalue weighted by molar-refractivity contribution is -0.405. The maximum absolute atomic E-state index is 10.8. The summed E-state index contributed by atoms with van der Waals surface area (Å²) in [5, 5.41) is 11.2. The molecule has 0 bridgehead atoms. The van der Waals surface area contributed by atoms with Crippen molar-refractivity contribution in [1.29, 1.82) is 0 Å². The zero-order valence-corrected chi connectivity index (χ0v) is 12.1. The van der Waals surface area contributed by atoms with Gasteiger partial charge in [-0.05, 0) is 18.1 Å². The molecule has 1 aliphatic rings. The Kier molecular flexibility index (Phi) is 4.79. The highest BCUT2D eigenvalue weighted by Crippen LogP contribution is 2.21. The molecule has 2 heterocycles. The highest BCUT2D eigenvalue weighted by atomic mass is 35.5. The van der Waals surface area contributed by atoms with Gasteiger partial charge in [-0.1, -0.05) is 24.6 Å². The molecule has 1 aliphatic heterocycles. The predicted octanol–water partition coefficient (Wildman–Crippen LogP) is 2.34. The summed E-state index contributed by atoms with van der Waals surface area (Å²) in [6.45, 7) is 5.09.